The number of aryl methyl sites for hydroxylation is 2. The fourth-order valence-electron chi connectivity index (χ4n) is 5.00. The monoisotopic (exact) mass is 475 g/mol. The number of benzene rings is 1. The number of nitrogens with one attached hydrogen (secondary N) is 1. The van der Waals surface area contributed by atoms with E-state index in [0.717, 1.165) is 56.6 Å². The zero-order valence-corrected chi connectivity index (χ0v) is 20.8. The maximum atomic E-state index is 5.88. The van der Waals surface area contributed by atoms with E-state index < -0.39 is 0 Å². The van der Waals surface area contributed by atoms with Gasteiger partial charge in [0.15, 0.2) is 5.11 Å². The summed E-state index contributed by atoms with van der Waals surface area (Å²) >= 11 is 5.88. The molecule has 4 heterocycles. The van der Waals surface area contributed by atoms with Gasteiger partial charge in [-0.25, -0.2) is 0 Å². The van der Waals surface area contributed by atoms with Crippen LogP contribution in [-0.2, 0) is 4.74 Å². The molecule has 34 heavy (non-hydrogen) atoms. The maximum absolute atomic E-state index is 5.88. The quantitative estimate of drug-likeness (QED) is 0.517. The molecule has 6 nitrogen and oxygen atoms in total. The van der Waals surface area contributed by atoms with E-state index in [2.05, 4.69) is 76.1 Å². The number of hydrogen-bond donors (Lipinski definition) is 1. The molecule has 5 rings (SSSR count). The van der Waals surface area contributed by atoms with Crippen molar-refractivity contribution >= 4 is 17.3 Å². The highest BCUT2D eigenvalue weighted by molar-refractivity contribution is 7.80. The standard InChI is InChI=1S/C27H33N5OS/c1-20-9-10-22(19-21(20)2)31-13-5-8-24(31)26-25(23-7-3-4-11-28-23)29-27(34)32(26)14-6-12-30-15-17-33-18-16-30/h3-5,7-11,13,19,25-26H,6,12,14-18H2,1-2H3,(H,29,34)/t25-,26+/m1/s1. The van der Waals surface area contributed by atoms with Crippen molar-refractivity contribution in [3.63, 3.8) is 0 Å². The van der Waals surface area contributed by atoms with Gasteiger partial charge in [0.25, 0.3) is 0 Å². The minimum atomic E-state index is -0.00252. The van der Waals surface area contributed by atoms with Crippen molar-refractivity contribution in [1.82, 2.24) is 24.7 Å². The summed E-state index contributed by atoms with van der Waals surface area (Å²) in [4.78, 5) is 9.54. The first kappa shape index (κ1) is 23.0. The van der Waals surface area contributed by atoms with Crippen molar-refractivity contribution < 1.29 is 4.74 Å². The van der Waals surface area contributed by atoms with E-state index in [9.17, 15) is 0 Å². The van der Waals surface area contributed by atoms with Crippen LogP contribution in [0.25, 0.3) is 5.69 Å². The molecule has 0 saturated carbocycles. The molecule has 2 aliphatic rings. The summed E-state index contributed by atoms with van der Waals surface area (Å²) in [5, 5.41) is 4.40. The Labute approximate surface area is 207 Å². The molecule has 0 bridgehead atoms. The van der Waals surface area contributed by atoms with Crippen LogP contribution in [-0.4, -0.2) is 63.9 Å². The fourth-order valence-corrected chi connectivity index (χ4v) is 5.33. The van der Waals surface area contributed by atoms with E-state index in [-0.39, 0.29) is 12.1 Å². The summed E-state index contributed by atoms with van der Waals surface area (Å²) in [6.07, 6.45) is 5.07. The SMILES string of the molecule is Cc1ccc(-n2cccc2[C@H]2[C@@H](c3ccccn3)NC(=S)N2CCCN2CCOCC2)cc1C. The lowest BCUT2D eigenvalue weighted by molar-refractivity contribution is 0.0365. The number of nitrogens with zero attached hydrogens (tertiary/aromatic N) is 4. The van der Waals surface area contributed by atoms with Crippen LogP contribution in [0.1, 0.15) is 41.0 Å². The van der Waals surface area contributed by atoms with Crippen molar-refractivity contribution in [2.45, 2.75) is 32.4 Å². The Morgan fingerprint density at radius 3 is 2.65 bits per heavy atom. The Hall–Kier alpha value is -2.74. The van der Waals surface area contributed by atoms with Crippen LogP contribution in [0, 0.1) is 13.8 Å². The molecule has 3 aromatic rings. The van der Waals surface area contributed by atoms with Crippen molar-refractivity contribution in [2.75, 3.05) is 39.4 Å². The zero-order chi connectivity index (χ0) is 23.5. The Balaban J connectivity index is 1.45. The topological polar surface area (TPSA) is 45.6 Å². The summed E-state index contributed by atoms with van der Waals surface area (Å²) in [6, 6.07) is 17.2. The molecule has 0 radical (unpaired) electrons. The lowest BCUT2D eigenvalue weighted by atomic mass is 10.0. The second kappa shape index (κ2) is 10.3. The molecule has 2 atom stereocenters. The third-order valence-electron chi connectivity index (χ3n) is 7.03. The fraction of sp³-hybridized carbons (Fsp3) is 0.407. The molecule has 2 saturated heterocycles. The molecule has 2 fully saturated rings. The van der Waals surface area contributed by atoms with Gasteiger partial charge in [-0.2, -0.15) is 0 Å². The van der Waals surface area contributed by atoms with Gasteiger partial charge in [-0.3, -0.25) is 9.88 Å². The Morgan fingerprint density at radius 1 is 1.03 bits per heavy atom. The smallest absolute Gasteiger partial charge is 0.170 e. The normalized spacial score (nSPS) is 21.1. The van der Waals surface area contributed by atoms with E-state index >= 15 is 0 Å². The van der Waals surface area contributed by atoms with Crippen LogP contribution in [0.15, 0.2) is 60.9 Å². The predicted octanol–water partition coefficient (Wildman–Crippen LogP) is 4.18. The molecule has 0 spiro atoms. The van der Waals surface area contributed by atoms with Crippen LogP contribution in [0.3, 0.4) is 0 Å². The van der Waals surface area contributed by atoms with Gasteiger partial charge in [0, 0.05) is 50.0 Å². The van der Waals surface area contributed by atoms with Crippen LogP contribution < -0.4 is 5.32 Å². The van der Waals surface area contributed by atoms with E-state index in [1.54, 1.807) is 0 Å². The first-order valence-electron chi connectivity index (χ1n) is 12.1. The average molecular weight is 476 g/mol. The molecule has 178 valence electrons. The third-order valence-corrected chi connectivity index (χ3v) is 7.38. The predicted molar refractivity (Wildman–Crippen MR) is 139 cm³/mol. The van der Waals surface area contributed by atoms with E-state index in [1.165, 1.54) is 22.5 Å². The largest absolute Gasteiger partial charge is 0.379 e. The summed E-state index contributed by atoms with van der Waals surface area (Å²) in [5.41, 5.74) is 6.00. The van der Waals surface area contributed by atoms with Gasteiger partial charge in [-0.05, 0) is 80.0 Å². The Morgan fingerprint density at radius 2 is 1.88 bits per heavy atom. The van der Waals surface area contributed by atoms with Gasteiger partial charge in [0.2, 0.25) is 0 Å². The number of ether oxygens (including phenoxy) is 1. The van der Waals surface area contributed by atoms with Crippen molar-refractivity contribution in [1.29, 1.82) is 0 Å². The highest BCUT2D eigenvalue weighted by Crippen LogP contribution is 2.39. The molecule has 0 unspecified atom stereocenters. The third kappa shape index (κ3) is 4.73. The Bertz CT molecular complexity index is 1130. The van der Waals surface area contributed by atoms with Crippen molar-refractivity contribution in [3.8, 4) is 5.69 Å². The van der Waals surface area contributed by atoms with Crippen molar-refractivity contribution in [3.05, 3.63) is 83.4 Å². The number of morpholine rings is 1. The second-order valence-electron chi connectivity index (χ2n) is 9.20. The minimum Gasteiger partial charge on any atom is -0.379 e. The lowest BCUT2D eigenvalue weighted by Gasteiger charge is -2.31. The maximum Gasteiger partial charge on any atom is 0.170 e. The van der Waals surface area contributed by atoms with Gasteiger partial charge in [0.05, 0.1) is 31.0 Å². The van der Waals surface area contributed by atoms with E-state index in [0.29, 0.717) is 0 Å². The van der Waals surface area contributed by atoms with Crippen LogP contribution in [0.2, 0.25) is 0 Å². The molecular weight excluding hydrogens is 442 g/mol. The molecule has 0 amide bonds. The summed E-state index contributed by atoms with van der Waals surface area (Å²) < 4.78 is 7.81. The highest BCUT2D eigenvalue weighted by atomic mass is 32.1. The number of pyridine rings is 1. The molecule has 1 aromatic carbocycles. The molecule has 0 aliphatic carbocycles. The number of thiocarbonyl (C=S) groups is 1. The minimum absolute atomic E-state index is 0.00252. The van der Waals surface area contributed by atoms with Crippen LogP contribution in [0.4, 0.5) is 0 Å². The lowest BCUT2D eigenvalue weighted by Crippen LogP contribution is -2.39. The average Bonchev–Trinajstić information content (AvgIpc) is 3.47. The first-order chi connectivity index (χ1) is 16.6. The molecule has 7 heteroatoms. The molecule has 1 N–H and O–H groups in total. The molecule has 2 aliphatic heterocycles. The number of aromatic nitrogens is 2. The van der Waals surface area contributed by atoms with Gasteiger partial charge in [0.1, 0.15) is 0 Å². The second-order valence-corrected chi connectivity index (χ2v) is 9.59. The van der Waals surface area contributed by atoms with Crippen molar-refractivity contribution in [2.24, 2.45) is 0 Å². The van der Waals surface area contributed by atoms with Gasteiger partial charge in [-0.1, -0.05) is 12.1 Å². The molecular formula is C27H33N5OS. The summed E-state index contributed by atoms with van der Waals surface area (Å²) in [6.45, 7) is 9.97. The van der Waals surface area contributed by atoms with Crippen LogP contribution in [0.5, 0.6) is 0 Å². The highest BCUT2D eigenvalue weighted by Gasteiger charge is 2.41. The molecule has 2 aromatic heterocycles. The Kier molecular flexibility index (Phi) is 6.94. The number of hydrogen-bond acceptors (Lipinski definition) is 4. The van der Waals surface area contributed by atoms with E-state index in [1.807, 2.05) is 18.3 Å². The zero-order valence-electron chi connectivity index (χ0n) is 20.0. The first-order valence-corrected chi connectivity index (χ1v) is 12.6. The van der Waals surface area contributed by atoms with Gasteiger partial charge in [-0.15, -0.1) is 0 Å². The van der Waals surface area contributed by atoms with Crippen LogP contribution >= 0.6 is 12.2 Å². The summed E-state index contributed by atoms with van der Waals surface area (Å²) in [5.74, 6) is 0. The van der Waals surface area contributed by atoms with Gasteiger partial charge >= 0.3 is 0 Å². The summed E-state index contributed by atoms with van der Waals surface area (Å²) in [7, 11) is 0. The van der Waals surface area contributed by atoms with Gasteiger partial charge < -0.3 is 19.5 Å². The van der Waals surface area contributed by atoms with E-state index in [4.69, 9.17) is 21.9 Å². The number of rotatable bonds is 7.